The van der Waals surface area contributed by atoms with Crippen LogP contribution in [-0.4, -0.2) is 77.7 Å². The van der Waals surface area contributed by atoms with Crippen LogP contribution in [0.2, 0.25) is 0 Å². The largest absolute Gasteiger partial charge is 0.476 e. The second kappa shape index (κ2) is 11.2. The predicted octanol–water partition coefficient (Wildman–Crippen LogP) is 2.64. The normalized spacial score (nSPS) is 21.0. The maximum Gasteiger partial charge on any atom is 0.410 e. The fourth-order valence-corrected chi connectivity index (χ4v) is 4.44. The molecule has 1 aromatic carbocycles. The number of anilines is 1. The molecule has 1 N–H and O–H groups in total. The summed E-state index contributed by atoms with van der Waals surface area (Å²) in [7, 11) is 0. The lowest BCUT2D eigenvalue weighted by molar-refractivity contribution is -0.120. The van der Waals surface area contributed by atoms with Gasteiger partial charge in [0.15, 0.2) is 0 Å². The lowest BCUT2D eigenvalue weighted by atomic mass is 10.1. The number of hydrogen-bond donors (Lipinski definition) is 1. The lowest BCUT2D eigenvalue weighted by Crippen LogP contribution is -2.58. The number of carbonyl (C=O) groups excluding carboxylic acids is 3. The van der Waals surface area contributed by atoms with E-state index in [9.17, 15) is 14.4 Å². The standard InChI is InChI=1S/C25H31N5O5/c1-18-15-28(25(33)35-17-20-6-4-3-5-7-20)16-19(2)29(18)12-13-34-23-9-8-21(14-26-23)30-11-10-22(31)27-24(30)32/h3-9,14,18-19H,10-13,15-17H2,1-2H3,(H,27,31,32)/t18-,19+. The summed E-state index contributed by atoms with van der Waals surface area (Å²) in [5.41, 5.74) is 1.58. The number of urea groups is 1. The highest BCUT2D eigenvalue weighted by atomic mass is 16.6. The fraction of sp³-hybridized carbons (Fsp3) is 0.440. The molecular formula is C25H31N5O5. The Labute approximate surface area is 204 Å². The van der Waals surface area contributed by atoms with Gasteiger partial charge in [0, 0.05) is 50.7 Å². The second-order valence-electron chi connectivity index (χ2n) is 8.84. The molecule has 0 aliphatic carbocycles. The summed E-state index contributed by atoms with van der Waals surface area (Å²) in [6.07, 6.45) is 1.54. The van der Waals surface area contributed by atoms with Crippen molar-refractivity contribution in [1.82, 2.24) is 20.1 Å². The number of rotatable bonds is 7. The van der Waals surface area contributed by atoms with Crippen LogP contribution in [0, 0.1) is 0 Å². The molecule has 10 heteroatoms. The number of hydrogen-bond acceptors (Lipinski definition) is 7. The quantitative estimate of drug-likeness (QED) is 0.648. The van der Waals surface area contributed by atoms with Crippen LogP contribution >= 0.6 is 0 Å². The van der Waals surface area contributed by atoms with Crippen molar-refractivity contribution in [3.8, 4) is 5.88 Å². The van der Waals surface area contributed by atoms with E-state index in [1.807, 2.05) is 30.3 Å². The van der Waals surface area contributed by atoms with E-state index in [1.54, 1.807) is 23.2 Å². The molecule has 35 heavy (non-hydrogen) atoms. The molecule has 3 heterocycles. The topological polar surface area (TPSA) is 104 Å². The van der Waals surface area contributed by atoms with E-state index in [1.165, 1.54) is 4.90 Å². The van der Waals surface area contributed by atoms with Gasteiger partial charge < -0.3 is 14.4 Å². The third kappa shape index (κ3) is 6.27. The number of carbonyl (C=O) groups is 3. The Hall–Kier alpha value is -3.66. The Morgan fingerprint density at radius 1 is 1.09 bits per heavy atom. The minimum atomic E-state index is -0.442. The summed E-state index contributed by atoms with van der Waals surface area (Å²) in [5, 5.41) is 2.30. The van der Waals surface area contributed by atoms with Crippen molar-refractivity contribution in [2.75, 3.05) is 37.7 Å². The first kappa shape index (κ1) is 24.5. The van der Waals surface area contributed by atoms with Crippen LogP contribution in [0.3, 0.4) is 0 Å². The van der Waals surface area contributed by atoms with Crippen molar-refractivity contribution in [1.29, 1.82) is 0 Å². The molecule has 2 aromatic rings. The van der Waals surface area contributed by atoms with Gasteiger partial charge >= 0.3 is 12.1 Å². The van der Waals surface area contributed by atoms with Gasteiger partial charge in [-0.25, -0.2) is 14.6 Å². The van der Waals surface area contributed by atoms with Gasteiger partial charge in [-0.15, -0.1) is 0 Å². The van der Waals surface area contributed by atoms with Crippen molar-refractivity contribution in [2.24, 2.45) is 0 Å². The Bertz CT molecular complexity index is 1020. The minimum Gasteiger partial charge on any atom is -0.476 e. The van der Waals surface area contributed by atoms with E-state index in [-0.39, 0.29) is 37.1 Å². The zero-order valence-corrected chi connectivity index (χ0v) is 20.1. The molecule has 0 saturated carbocycles. The number of nitrogens with zero attached hydrogens (tertiary/aromatic N) is 4. The van der Waals surface area contributed by atoms with E-state index >= 15 is 0 Å². The Balaban J connectivity index is 1.22. The Kier molecular flexibility index (Phi) is 7.81. The van der Waals surface area contributed by atoms with Crippen LogP contribution in [-0.2, 0) is 16.1 Å². The van der Waals surface area contributed by atoms with Crippen molar-refractivity contribution in [3.05, 3.63) is 54.2 Å². The van der Waals surface area contributed by atoms with Gasteiger partial charge in [-0.1, -0.05) is 30.3 Å². The van der Waals surface area contributed by atoms with Crippen LogP contribution in [0.4, 0.5) is 15.3 Å². The van der Waals surface area contributed by atoms with Gasteiger partial charge in [0.05, 0.1) is 11.9 Å². The molecule has 10 nitrogen and oxygen atoms in total. The molecule has 2 fully saturated rings. The molecule has 2 aliphatic heterocycles. The number of amides is 4. The average molecular weight is 482 g/mol. The maximum absolute atomic E-state index is 12.6. The van der Waals surface area contributed by atoms with Gasteiger partial charge in [0.2, 0.25) is 11.8 Å². The number of nitrogens with one attached hydrogen (secondary N) is 1. The van der Waals surface area contributed by atoms with Gasteiger partial charge in [-0.2, -0.15) is 0 Å². The van der Waals surface area contributed by atoms with Crippen LogP contribution in [0.25, 0.3) is 0 Å². The molecule has 0 radical (unpaired) electrons. The SMILES string of the molecule is C[C@@H]1CN(C(=O)OCc2ccccc2)C[C@H](C)N1CCOc1ccc(N2CCC(=O)NC2=O)cn1. The van der Waals surface area contributed by atoms with Gasteiger partial charge in [-0.3, -0.25) is 19.9 Å². The molecule has 0 unspecified atom stereocenters. The molecule has 1 aromatic heterocycles. The molecule has 4 rings (SSSR count). The van der Waals surface area contributed by atoms with Crippen LogP contribution in [0.1, 0.15) is 25.8 Å². The zero-order chi connectivity index (χ0) is 24.8. The number of benzene rings is 1. The van der Waals surface area contributed by atoms with Crippen LogP contribution < -0.4 is 15.0 Å². The summed E-state index contributed by atoms with van der Waals surface area (Å²) in [4.78, 5) is 45.7. The second-order valence-corrected chi connectivity index (χ2v) is 8.84. The first-order valence-corrected chi connectivity index (χ1v) is 11.8. The summed E-state index contributed by atoms with van der Waals surface area (Å²) in [6, 6.07) is 13.0. The summed E-state index contributed by atoms with van der Waals surface area (Å²) >= 11 is 0. The Morgan fingerprint density at radius 2 is 1.83 bits per heavy atom. The highest BCUT2D eigenvalue weighted by Gasteiger charge is 2.32. The van der Waals surface area contributed by atoms with E-state index in [4.69, 9.17) is 9.47 Å². The summed E-state index contributed by atoms with van der Waals surface area (Å²) in [6.45, 7) is 7.09. The third-order valence-electron chi connectivity index (χ3n) is 6.25. The minimum absolute atomic E-state index is 0.155. The van der Waals surface area contributed by atoms with Crippen molar-refractivity contribution < 1.29 is 23.9 Å². The number of aromatic nitrogens is 1. The van der Waals surface area contributed by atoms with Crippen LogP contribution in [0.5, 0.6) is 5.88 Å². The molecule has 2 atom stereocenters. The molecule has 4 amide bonds. The predicted molar refractivity (Wildman–Crippen MR) is 129 cm³/mol. The number of imide groups is 1. The van der Waals surface area contributed by atoms with Gasteiger partial charge in [-0.05, 0) is 25.5 Å². The van der Waals surface area contributed by atoms with Crippen molar-refractivity contribution >= 4 is 23.7 Å². The molecule has 0 bridgehead atoms. The number of pyridine rings is 1. The summed E-state index contributed by atoms with van der Waals surface area (Å²) < 4.78 is 11.3. The monoisotopic (exact) mass is 481 g/mol. The van der Waals surface area contributed by atoms with E-state index in [0.29, 0.717) is 44.4 Å². The highest BCUT2D eigenvalue weighted by Crippen LogP contribution is 2.20. The van der Waals surface area contributed by atoms with E-state index in [0.717, 1.165) is 5.56 Å². The molecule has 2 aliphatic rings. The number of piperazine rings is 1. The molecular weight excluding hydrogens is 450 g/mol. The first-order chi connectivity index (χ1) is 16.9. The zero-order valence-electron chi connectivity index (χ0n) is 20.1. The van der Waals surface area contributed by atoms with Crippen molar-refractivity contribution in [3.63, 3.8) is 0 Å². The fourth-order valence-electron chi connectivity index (χ4n) is 4.44. The van der Waals surface area contributed by atoms with Gasteiger partial charge in [0.25, 0.3) is 0 Å². The summed E-state index contributed by atoms with van der Waals surface area (Å²) in [5.74, 6) is 0.193. The van der Waals surface area contributed by atoms with E-state index < -0.39 is 6.03 Å². The highest BCUT2D eigenvalue weighted by molar-refractivity contribution is 6.05. The van der Waals surface area contributed by atoms with Crippen LogP contribution in [0.15, 0.2) is 48.7 Å². The molecule has 2 saturated heterocycles. The van der Waals surface area contributed by atoms with Gasteiger partial charge in [0.1, 0.15) is 13.2 Å². The molecule has 186 valence electrons. The number of ether oxygens (including phenoxy) is 2. The van der Waals surface area contributed by atoms with E-state index in [2.05, 4.69) is 29.0 Å². The maximum atomic E-state index is 12.6. The molecule has 0 spiro atoms. The van der Waals surface area contributed by atoms with Crippen molar-refractivity contribution in [2.45, 2.75) is 39.0 Å². The first-order valence-electron chi connectivity index (χ1n) is 11.8. The Morgan fingerprint density at radius 3 is 2.49 bits per heavy atom. The average Bonchev–Trinajstić information content (AvgIpc) is 2.85. The smallest absolute Gasteiger partial charge is 0.410 e. The lowest BCUT2D eigenvalue weighted by Gasteiger charge is -2.43. The third-order valence-corrected chi connectivity index (χ3v) is 6.25.